The highest BCUT2D eigenvalue weighted by molar-refractivity contribution is 5.61. The smallest absolute Gasteiger partial charge is 0.422 e. The third-order valence-corrected chi connectivity index (χ3v) is 3.90. The minimum atomic E-state index is -4.52. The van der Waals surface area contributed by atoms with Gasteiger partial charge in [0.1, 0.15) is 11.4 Å². The summed E-state index contributed by atoms with van der Waals surface area (Å²) in [5, 5.41) is 3.80. The summed E-state index contributed by atoms with van der Waals surface area (Å²) in [6.07, 6.45) is -2.83. The first kappa shape index (κ1) is 20.2. The summed E-state index contributed by atoms with van der Waals surface area (Å²) < 4.78 is 47.4. The van der Waals surface area contributed by atoms with Crippen molar-refractivity contribution in [1.29, 1.82) is 0 Å². The van der Waals surface area contributed by atoms with Gasteiger partial charge in [-0.25, -0.2) is 9.97 Å². The van der Waals surface area contributed by atoms with Crippen molar-refractivity contribution in [2.75, 3.05) is 12.3 Å². The van der Waals surface area contributed by atoms with Crippen LogP contribution in [0.2, 0.25) is 0 Å². The van der Waals surface area contributed by atoms with E-state index in [0.717, 1.165) is 5.56 Å². The second-order valence-electron chi connectivity index (χ2n) is 6.28. The maximum atomic E-state index is 12.5. The quantitative estimate of drug-likeness (QED) is 0.492. The van der Waals surface area contributed by atoms with Crippen molar-refractivity contribution in [2.45, 2.75) is 12.6 Å². The van der Waals surface area contributed by atoms with Crippen molar-refractivity contribution < 1.29 is 22.4 Å². The van der Waals surface area contributed by atoms with Crippen LogP contribution in [0, 0.1) is 0 Å². The molecular formula is C19H14F3N7O2. The number of nitrogen functional groups attached to an aromatic ring is 1. The molecular weight excluding hydrogens is 415 g/mol. The molecule has 4 rings (SSSR count). The van der Waals surface area contributed by atoms with Crippen molar-refractivity contribution in [3.8, 4) is 29.0 Å². The van der Waals surface area contributed by atoms with E-state index < -0.39 is 12.8 Å². The first-order valence-electron chi connectivity index (χ1n) is 8.91. The number of ether oxygens (including phenoxy) is 1. The van der Waals surface area contributed by atoms with Crippen molar-refractivity contribution in [3.05, 3.63) is 60.0 Å². The standard InChI is InChI=1S/C19H14F3N7O2/c20-19(21,22)10-30-16-12(7-4-8-24-16)17-27-15(29-31-17)14-25-13(26-18(23)28-14)9-11-5-2-1-3-6-11/h1-8H,9-10H2,(H2,23,25,26,28). The lowest BCUT2D eigenvalue weighted by Gasteiger charge is -2.09. The number of aromatic nitrogens is 6. The number of nitrogens with two attached hydrogens (primary N) is 1. The summed E-state index contributed by atoms with van der Waals surface area (Å²) in [6.45, 7) is -1.51. The van der Waals surface area contributed by atoms with Gasteiger partial charge in [-0.15, -0.1) is 0 Å². The fourth-order valence-corrected chi connectivity index (χ4v) is 2.64. The van der Waals surface area contributed by atoms with E-state index in [4.69, 9.17) is 15.0 Å². The Balaban J connectivity index is 1.61. The summed E-state index contributed by atoms with van der Waals surface area (Å²) in [6, 6.07) is 12.4. The highest BCUT2D eigenvalue weighted by atomic mass is 19.4. The molecule has 0 saturated heterocycles. The Morgan fingerprint density at radius 1 is 0.935 bits per heavy atom. The normalized spacial score (nSPS) is 11.5. The Morgan fingerprint density at radius 2 is 1.74 bits per heavy atom. The lowest BCUT2D eigenvalue weighted by Crippen LogP contribution is -2.19. The maximum absolute atomic E-state index is 12.5. The second-order valence-corrected chi connectivity index (χ2v) is 6.28. The third-order valence-electron chi connectivity index (χ3n) is 3.90. The monoisotopic (exact) mass is 429 g/mol. The average molecular weight is 429 g/mol. The number of rotatable bonds is 6. The maximum Gasteiger partial charge on any atom is 0.422 e. The molecule has 0 unspecified atom stereocenters. The highest BCUT2D eigenvalue weighted by Crippen LogP contribution is 2.29. The van der Waals surface area contributed by atoms with Crippen LogP contribution in [-0.2, 0) is 6.42 Å². The Morgan fingerprint density at radius 3 is 2.52 bits per heavy atom. The minimum absolute atomic E-state index is 0.0102. The van der Waals surface area contributed by atoms with Crippen molar-refractivity contribution in [1.82, 2.24) is 30.1 Å². The molecule has 31 heavy (non-hydrogen) atoms. The molecule has 4 aromatic rings. The predicted octanol–water partition coefficient (Wildman–Crippen LogP) is 3.10. The SMILES string of the molecule is Nc1nc(Cc2ccccc2)nc(-c2noc(-c3cccnc3OCC(F)(F)F)n2)n1. The van der Waals surface area contributed by atoms with Gasteiger partial charge in [0.25, 0.3) is 5.89 Å². The van der Waals surface area contributed by atoms with Crippen LogP contribution in [0.3, 0.4) is 0 Å². The number of benzene rings is 1. The Hall–Kier alpha value is -4.09. The van der Waals surface area contributed by atoms with Crippen molar-refractivity contribution in [2.24, 2.45) is 0 Å². The number of pyridine rings is 1. The fraction of sp³-hybridized carbons (Fsp3) is 0.158. The molecule has 12 heteroatoms. The number of halogens is 3. The van der Waals surface area contributed by atoms with Gasteiger partial charge < -0.3 is 15.0 Å². The number of hydrogen-bond acceptors (Lipinski definition) is 9. The second kappa shape index (κ2) is 8.34. The Bertz CT molecular complexity index is 1180. The van der Waals surface area contributed by atoms with Crippen LogP contribution in [0.4, 0.5) is 19.1 Å². The van der Waals surface area contributed by atoms with E-state index in [2.05, 4.69) is 30.1 Å². The predicted molar refractivity (Wildman–Crippen MR) is 102 cm³/mol. The number of hydrogen-bond donors (Lipinski definition) is 1. The highest BCUT2D eigenvalue weighted by Gasteiger charge is 2.29. The topological polar surface area (TPSA) is 126 Å². The fourth-order valence-electron chi connectivity index (χ4n) is 2.64. The van der Waals surface area contributed by atoms with Gasteiger partial charge in [-0.05, 0) is 17.7 Å². The van der Waals surface area contributed by atoms with E-state index >= 15 is 0 Å². The summed E-state index contributed by atoms with van der Waals surface area (Å²) in [4.78, 5) is 20.4. The summed E-state index contributed by atoms with van der Waals surface area (Å²) >= 11 is 0. The molecule has 0 atom stereocenters. The van der Waals surface area contributed by atoms with Gasteiger partial charge in [0.05, 0.1) is 0 Å². The molecule has 0 radical (unpaired) electrons. The molecule has 0 saturated carbocycles. The molecule has 0 aliphatic carbocycles. The Labute approximate surface area is 173 Å². The van der Waals surface area contributed by atoms with Crippen LogP contribution >= 0.6 is 0 Å². The van der Waals surface area contributed by atoms with Crippen LogP contribution in [0.1, 0.15) is 11.4 Å². The molecule has 0 aliphatic heterocycles. The van der Waals surface area contributed by atoms with E-state index in [-0.39, 0.29) is 34.9 Å². The van der Waals surface area contributed by atoms with Gasteiger partial charge in [0, 0.05) is 12.6 Å². The summed E-state index contributed by atoms with van der Waals surface area (Å²) in [7, 11) is 0. The molecule has 2 N–H and O–H groups in total. The third kappa shape index (κ3) is 5.10. The molecule has 1 aromatic carbocycles. The van der Waals surface area contributed by atoms with Crippen molar-refractivity contribution in [3.63, 3.8) is 0 Å². The zero-order valence-corrected chi connectivity index (χ0v) is 15.7. The van der Waals surface area contributed by atoms with E-state index in [9.17, 15) is 13.2 Å². The van der Waals surface area contributed by atoms with Crippen molar-refractivity contribution >= 4 is 5.95 Å². The molecule has 0 fully saturated rings. The molecule has 0 amide bonds. The number of nitrogens with zero attached hydrogens (tertiary/aromatic N) is 6. The zero-order chi connectivity index (χ0) is 21.8. The van der Waals surface area contributed by atoms with Gasteiger partial charge in [-0.1, -0.05) is 35.5 Å². The van der Waals surface area contributed by atoms with Crippen LogP contribution < -0.4 is 10.5 Å². The van der Waals surface area contributed by atoms with Crippen LogP contribution in [-0.4, -0.2) is 42.9 Å². The summed E-state index contributed by atoms with van der Waals surface area (Å²) in [5.74, 6) is 0.0198. The lowest BCUT2D eigenvalue weighted by atomic mass is 10.1. The number of alkyl halides is 3. The lowest BCUT2D eigenvalue weighted by molar-refractivity contribution is -0.154. The minimum Gasteiger partial charge on any atom is -0.467 e. The molecule has 0 spiro atoms. The van der Waals surface area contributed by atoms with E-state index in [1.807, 2.05) is 30.3 Å². The zero-order valence-electron chi connectivity index (χ0n) is 15.7. The van der Waals surface area contributed by atoms with Gasteiger partial charge >= 0.3 is 6.18 Å². The van der Waals surface area contributed by atoms with Crippen LogP contribution in [0.25, 0.3) is 23.1 Å². The van der Waals surface area contributed by atoms with Crippen LogP contribution in [0.5, 0.6) is 5.88 Å². The molecule has 158 valence electrons. The van der Waals surface area contributed by atoms with Gasteiger partial charge in [-0.2, -0.15) is 28.1 Å². The molecule has 0 bridgehead atoms. The molecule has 3 aromatic heterocycles. The average Bonchev–Trinajstić information content (AvgIpc) is 3.22. The first-order chi connectivity index (χ1) is 14.9. The number of anilines is 1. The molecule has 3 heterocycles. The molecule has 9 nitrogen and oxygen atoms in total. The van der Waals surface area contributed by atoms with Gasteiger partial charge in [-0.3, -0.25) is 0 Å². The first-order valence-corrected chi connectivity index (χ1v) is 8.91. The van der Waals surface area contributed by atoms with E-state index in [1.54, 1.807) is 0 Å². The summed E-state index contributed by atoms with van der Waals surface area (Å²) in [5.41, 5.74) is 6.85. The van der Waals surface area contributed by atoms with Crippen LogP contribution in [0.15, 0.2) is 53.2 Å². The van der Waals surface area contributed by atoms with Gasteiger partial charge in [0.2, 0.25) is 23.5 Å². The molecule has 0 aliphatic rings. The largest absolute Gasteiger partial charge is 0.467 e. The van der Waals surface area contributed by atoms with E-state index in [1.165, 1.54) is 18.3 Å². The van der Waals surface area contributed by atoms with E-state index in [0.29, 0.717) is 12.2 Å². The Kier molecular flexibility index (Phi) is 5.43. The van der Waals surface area contributed by atoms with Gasteiger partial charge in [0.15, 0.2) is 6.61 Å².